The van der Waals surface area contributed by atoms with Gasteiger partial charge in [0.2, 0.25) is 0 Å². The Morgan fingerprint density at radius 2 is 1.54 bits per heavy atom. The van der Waals surface area contributed by atoms with Crippen LogP contribution in [0.2, 0.25) is 0 Å². The van der Waals surface area contributed by atoms with Crippen LogP contribution in [0.1, 0.15) is 11.1 Å². The Morgan fingerprint density at radius 3 is 2.00 bits per heavy atom. The molecule has 0 spiro atoms. The van der Waals surface area contributed by atoms with Crippen LogP contribution < -0.4 is 5.32 Å². The molecule has 1 amide bonds. The minimum atomic E-state index is -1.10. The van der Waals surface area contributed by atoms with Crippen LogP contribution in [-0.4, -0.2) is 35.4 Å². The molecule has 2 aromatic carbocycles. The summed E-state index contributed by atoms with van der Waals surface area (Å²) < 4.78 is 5.03. The van der Waals surface area contributed by atoms with Crippen molar-refractivity contribution < 1.29 is 24.2 Å². The van der Waals surface area contributed by atoms with Crippen LogP contribution in [0.25, 0.3) is 0 Å². The van der Waals surface area contributed by atoms with E-state index in [2.05, 4.69) is 5.32 Å². The number of carboxylic acid groups (broad SMARTS) is 1. The van der Waals surface area contributed by atoms with Gasteiger partial charge in [-0.25, -0.2) is 9.59 Å². The molecular formula is C19H20ClNO5. The van der Waals surface area contributed by atoms with Crippen molar-refractivity contribution in [3.05, 3.63) is 71.8 Å². The van der Waals surface area contributed by atoms with Crippen LogP contribution in [-0.2, 0) is 27.4 Å². The molecule has 0 bridgehead atoms. The van der Waals surface area contributed by atoms with Gasteiger partial charge < -0.3 is 20.0 Å². The maximum Gasteiger partial charge on any atom is 0.408 e. The average molecular weight is 378 g/mol. The van der Waals surface area contributed by atoms with E-state index in [4.69, 9.17) is 21.1 Å². The van der Waals surface area contributed by atoms with E-state index >= 15 is 0 Å². The van der Waals surface area contributed by atoms with Crippen molar-refractivity contribution >= 4 is 29.9 Å². The molecule has 1 atom stereocenters. The second-order valence-electron chi connectivity index (χ2n) is 5.11. The van der Waals surface area contributed by atoms with E-state index in [0.717, 1.165) is 11.1 Å². The molecule has 0 aliphatic carbocycles. The second kappa shape index (κ2) is 12.5. The number of rotatable bonds is 7. The standard InChI is InChI=1S/C17H17NO4.C2H3ClO/c19-16(20)15(11-13-7-3-1-4-8-13)18-17(21)22-12-14-9-5-2-6-10-14;3-1-2-4/h1-10,15H,11-12H2,(H,18,21)(H,19,20);2H,1H2. The number of benzene rings is 2. The van der Waals surface area contributed by atoms with Crippen molar-refractivity contribution in [3.63, 3.8) is 0 Å². The van der Waals surface area contributed by atoms with Gasteiger partial charge in [-0.15, -0.1) is 11.6 Å². The smallest absolute Gasteiger partial charge is 0.408 e. The lowest BCUT2D eigenvalue weighted by Gasteiger charge is -2.14. The highest BCUT2D eigenvalue weighted by Crippen LogP contribution is 2.05. The lowest BCUT2D eigenvalue weighted by atomic mass is 10.1. The molecule has 0 aliphatic rings. The lowest BCUT2D eigenvalue weighted by Crippen LogP contribution is -2.42. The molecule has 2 rings (SSSR count). The van der Waals surface area contributed by atoms with Gasteiger partial charge in [-0.2, -0.15) is 0 Å². The number of ether oxygens (including phenoxy) is 1. The minimum Gasteiger partial charge on any atom is -0.480 e. The summed E-state index contributed by atoms with van der Waals surface area (Å²) in [4.78, 5) is 32.0. The molecule has 138 valence electrons. The predicted octanol–water partition coefficient (Wildman–Crippen LogP) is 3.03. The molecule has 0 fully saturated rings. The molecule has 26 heavy (non-hydrogen) atoms. The molecule has 6 nitrogen and oxygen atoms in total. The van der Waals surface area contributed by atoms with Gasteiger partial charge in [-0.1, -0.05) is 60.7 Å². The molecule has 0 saturated carbocycles. The summed E-state index contributed by atoms with van der Waals surface area (Å²) in [7, 11) is 0. The summed E-state index contributed by atoms with van der Waals surface area (Å²) in [6.45, 7) is 0.102. The zero-order chi connectivity index (χ0) is 19.2. The van der Waals surface area contributed by atoms with Crippen molar-refractivity contribution in [2.45, 2.75) is 19.1 Å². The molecule has 2 aromatic rings. The third kappa shape index (κ3) is 8.84. The Morgan fingerprint density at radius 1 is 1.04 bits per heavy atom. The maximum atomic E-state index is 11.7. The number of aliphatic carboxylic acids is 1. The zero-order valence-electron chi connectivity index (χ0n) is 14.0. The van der Waals surface area contributed by atoms with Crippen LogP contribution in [0.5, 0.6) is 0 Å². The molecular weight excluding hydrogens is 358 g/mol. The highest BCUT2D eigenvalue weighted by atomic mass is 35.5. The topological polar surface area (TPSA) is 92.7 Å². The molecule has 7 heteroatoms. The number of amides is 1. The van der Waals surface area contributed by atoms with Gasteiger partial charge >= 0.3 is 12.1 Å². The summed E-state index contributed by atoms with van der Waals surface area (Å²) in [5, 5.41) is 11.6. The summed E-state index contributed by atoms with van der Waals surface area (Å²) in [6, 6.07) is 17.3. The van der Waals surface area contributed by atoms with Crippen molar-refractivity contribution in [2.24, 2.45) is 0 Å². The van der Waals surface area contributed by atoms with Crippen LogP contribution >= 0.6 is 11.6 Å². The second-order valence-corrected chi connectivity index (χ2v) is 5.42. The Balaban J connectivity index is 0.000000765. The average Bonchev–Trinajstić information content (AvgIpc) is 2.67. The Kier molecular flexibility index (Phi) is 10.2. The van der Waals surface area contributed by atoms with Crippen LogP contribution in [0.4, 0.5) is 4.79 Å². The van der Waals surface area contributed by atoms with Crippen LogP contribution in [0.3, 0.4) is 0 Å². The molecule has 0 radical (unpaired) electrons. The molecule has 0 heterocycles. The summed E-state index contributed by atoms with van der Waals surface area (Å²) >= 11 is 4.82. The summed E-state index contributed by atoms with van der Waals surface area (Å²) in [5.41, 5.74) is 1.67. The van der Waals surface area contributed by atoms with Gasteiger partial charge in [0.25, 0.3) is 0 Å². The lowest BCUT2D eigenvalue weighted by molar-refractivity contribution is -0.139. The first-order chi connectivity index (χ1) is 12.6. The number of carbonyl (C=O) groups excluding carboxylic acids is 2. The van der Waals surface area contributed by atoms with Crippen molar-refractivity contribution in [1.82, 2.24) is 5.32 Å². The number of halogens is 1. The number of nitrogens with one attached hydrogen (secondary N) is 1. The van der Waals surface area contributed by atoms with E-state index in [1.54, 1.807) is 0 Å². The molecule has 0 aliphatic heterocycles. The Hall–Kier alpha value is -2.86. The number of carbonyl (C=O) groups is 3. The van der Waals surface area contributed by atoms with E-state index in [1.807, 2.05) is 60.7 Å². The fourth-order valence-corrected chi connectivity index (χ4v) is 1.96. The SMILES string of the molecule is O=C(NC(Cc1ccccc1)C(=O)O)OCc1ccccc1.O=CCCl. The normalized spacial score (nSPS) is 10.7. The third-order valence-corrected chi connectivity index (χ3v) is 3.27. The van der Waals surface area contributed by atoms with Gasteiger partial charge in [0.05, 0.1) is 5.88 Å². The predicted molar refractivity (Wildman–Crippen MR) is 98.1 cm³/mol. The van der Waals surface area contributed by atoms with Crippen LogP contribution in [0, 0.1) is 0 Å². The van der Waals surface area contributed by atoms with Gasteiger partial charge in [0.15, 0.2) is 0 Å². The summed E-state index contributed by atoms with van der Waals surface area (Å²) in [6.07, 6.45) is 0.102. The zero-order valence-corrected chi connectivity index (χ0v) is 14.8. The van der Waals surface area contributed by atoms with E-state index in [1.165, 1.54) is 0 Å². The largest absolute Gasteiger partial charge is 0.480 e. The fourth-order valence-electron chi connectivity index (χ4n) is 1.96. The fraction of sp³-hybridized carbons (Fsp3) is 0.211. The first-order valence-corrected chi connectivity index (χ1v) is 8.33. The molecule has 0 aromatic heterocycles. The van der Waals surface area contributed by atoms with E-state index in [9.17, 15) is 14.7 Å². The number of carboxylic acids is 1. The maximum absolute atomic E-state index is 11.7. The number of alkyl halides is 1. The third-order valence-electron chi connectivity index (χ3n) is 3.15. The highest BCUT2D eigenvalue weighted by Gasteiger charge is 2.21. The Bertz CT molecular complexity index is 679. The van der Waals surface area contributed by atoms with Crippen molar-refractivity contribution in [2.75, 3.05) is 5.88 Å². The number of alkyl carbamates (subject to hydrolysis) is 1. The van der Waals surface area contributed by atoms with Gasteiger partial charge in [-0.3, -0.25) is 0 Å². The van der Waals surface area contributed by atoms with E-state index in [0.29, 0.717) is 6.29 Å². The number of hydrogen-bond acceptors (Lipinski definition) is 4. The number of hydrogen-bond donors (Lipinski definition) is 2. The number of aldehydes is 1. The Labute approximate surface area is 156 Å². The quantitative estimate of drug-likeness (QED) is 0.571. The first-order valence-electron chi connectivity index (χ1n) is 7.80. The van der Waals surface area contributed by atoms with Gasteiger partial charge in [0, 0.05) is 6.42 Å². The van der Waals surface area contributed by atoms with Gasteiger partial charge in [0.1, 0.15) is 18.9 Å². The van der Waals surface area contributed by atoms with E-state index in [-0.39, 0.29) is 18.9 Å². The molecule has 1 unspecified atom stereocenters. The summed E-state index contributed by atoms with van der Waals surface area (Å²) in [5.74, 6) is -0.986. The molecule has 0 saturated heterocycles. The van der Waals surface area contributed by atoms with E-state index < -0.39 is 18.1 Å². The minimum absolute atomic E-state index is 0.102. The highest BCUT2D eigenvalue weighted by molar-refractivity contribution is 6.24. The van der Waals surface area contributed by atoms with Crippen molar-refractivity contribution in [1.29, 1.82) is 0 Å². The van der Waals surface area contributed by atoms with Crippen LogP contribution in [0.15, 0.2) is 60.7 Å². The van der Waals surface area contributed by atoms with Gasteiger partial charge in [-0.05, 0) is 11.1 Å². The first kappa shape index (κ1) is 21.2. The van der Waals surface area contributed by atoms with Crippen molar-refractivity contribution in [3.8, 4) is 0 Å². The monoisotopic (exact) mass is 377 g/mol. The molecule has 2 N–H and O–H groups in total.